The number of anilines is 1. The normalized spacial score (nSPS) is 10.9. The Hall–Kier alpha value is -3.11. The molecule has 1 aromatic heterocycles. The third kappa shape index (κ3) is 3.57. The van der Waals surface area contributed by atoms with Crippen LogP contribution in [0.1, 0.15) is 21.5 Å². The van der Waals surface area contributed by atoms with Crippen LogP contribution in [0.2, 0.25) is 5.02 Å². The lowest BCUT2D eigenvalue weighted by atomic mass is 10.1. The lowest BCUT2D eigenvalue weighted by Gasteiger charge is -2.07. The molecule has 0 saturated carbocycles. The standard InChI is InChI=1S/C22H17ClN2O2/c1-13-3-10-20-19(11-13)25-22(27-20)15-6-8-17(9-7-15)24-21(26)16-5-4-14(2)18(23)12-16/h3-12H,1-2H3,(H,24,26). The van der Waals surface area contributed by atoms with Crippen molar-refractivity contribution in [2.45, 2.75) is 13.8 Å². The van der Waals surface area contributed by atoms with Crippen molar-refractivity contribution < 1.29 is 9.21 Å². The van der Waals surface area contributed by atoms with E-state index in [0.29, 0.717) is 22.2 Å². The van der Waals surface area contributed by atoms with Crippen molar-refractivity contribution in [2.75, 3.05) is 5.32 Å². The number of aromatic nitrogens is 1. The van der Waals surface area contributed by atoms with Gasteiger partial charge >= 0.3 is 0 Å². The van der Waals surface area contributed by atoms with Crippen LogP contribution in [0.5, 0.6) is 0 Å². The maximum atomic E-state index is 12.4. The molecule has 4 nitrogen and oxygen atoms in total. The predicted molar refractivity (Wildman–Crippen MR) is 108 cm³/mol. The molecule has 1 amide bonds. The molecule has 0 spiro atoms. The van der Waals surface area contributed by atoms with Gasteiger partial charge in [-0.25, -0.2) is 4.98 Å². The van der Waals surface area contributed by atoms with Crippen LogP contribution in [0, 0.1) is 13.8 Å². The van der Waals surface area contributed by atoms with Crippen LogP contribution in [0.15, 0.2) is 65.1 Å². The van der Waals surface area contributed by atoms with Crippen LogP contribution in [0.3, 0.4) is 0 Å². The number of benzene rings is 3. The number of hydrogen-bond donors (Lipinski definition) is 1. The van der Waals surface area contributed by atoms with Crippen LogP contribution in [0.25, 0.3) is 22.6 Å². The van der Waals surface area contributed by atoms with Crippen molar-refractivity contribution >= 4 is 34.3 Å². The van der Waals surface area contributed by atoms with Gasteiger partial charge < -0.3 is 9.73 Å². The monoisotopic (exact) mass is 376 g/mol. The first-order chi connectivity index (χ1) is 13.0. The summed E-state index contributed by atoms with van der Waals surface area (Å²) in [6.07, 6.45) is 0. The molecule has 0 bridgehead atoms. The minimum atomic E-state index is -0.206. The van der Waals surface area contributed by atoms with Crippen LogP contribution in [0.4, 0.5) is 5.69 Å². The molecule has 27 heavy (non-hydrogen) atoms. The van der Waals surface area contributed by atoms with Gasteiger partial charge in [-0.05, 0) is 73.5 Å². The molecule has 4 aromatic rings. The maximum absolute atomic E-state index is 12.4. The van der Waals surface area contributed by atoms with E-state index in [2.05, 4.69) is 10.3 Å². The summed E-state index contributed by atoms with van der Waals surface area (Å²) in [4.78, 5) is 16.9. The number of fused-ring (bicyclic) bond motifs is 1. The number of hydrogen-bond acceptors (Lipinski definition) is 3. The number of halogens is 1. The molecule has 3 aromatic carbocycles. The van der Waals surface area contributed by atoms with Crippen molar-refractivity contribution in [1.82, 2.24) is 4.98 Å². The SMILES string of the molecule is Cc1ccc2oc(-c3ccc(NC(=O)c4ccc(C)c(Cl)c4)cc3)nc2c1. The molecule has 5 heteroatoms. The number of carbonyl (C=O) groups is 1. The van der Waals surface area contributed by atoms with Crippen molar-refractivity contribution in [3.8, 4) is 11.5 Å². The summed E-state index contributed by atoms with van der Waals surface area (Å²) in [5.74, 6) is 0.348. The molecule has 0 fully saturated rings. The average Bonchev–Trinajstić information content (AvgIpc) is 3.07. The van der Waals surface area contributed by atoms with E-state index >= 15 is 0 Å². The fraction of sp³-hybridized carbons (Fsp3) is 0.0909. The van der Waals surface area contributed by atoms with Crippen LogP contribution in [-0.2, 0) is 0 Å². The number of nitrogens with one attached hydrogen (secondary N) is 1. The number of rotatable bonds is 3. The van der Waals surface area contributed by atoms with Gasteiger partial charge in [0, 0.05) is 21.8 Å². The molecule has 0 aliphatic rings. The fourth-order valence-corrected chi connectivity index (χ4v) is 2.97. The Labute approximate surface area is 161 Å². The minimum Gasteiger partial charge on any atom is -0.436 e. The van der Waals surface area contributed by atoms with Gasteiger partial charge in [0.2, 0.25) is 5.89 Å². The molecule has 0 unspecified atom stereocenters. The first kappa shape index (κ1) is 17.3. The van der Waals surface area contributed by atoms with Crippen LogP contribution >= 0.6 is 11.6 Å². The molecule has 4 rings (SSSR count). The molecule has 0 radical (unpaired) electrons. The third-order valence-corrected chi connectivity index (χ3v) is 4.77. The first-order valence-electron chi connectivity index (χ1n) is 8.55. The molecule has 0 aliphatic heterocycles. The van der Waals surface area contributed by atoms with Gasteiger partial charge in [-0.15, -0.1) is 0 Å². The van der Waals surface area contributed by atoms with Gasteiger partial charge in [-0.2, -0.15) is 0 Å². The quantitative estimate of drug-likeness (QED) is 0.475. The van der Waals surface area contributed by atoms with Crippen molar-refractivity contribution in [3.05, 3.63) is 82.4 Å². The summed E-state index contributed by atoms with van der Waals surface area (Å²) in [6.45, 7) is 3.92. The zero-order valence-electron chi connectivity index (χ0n) is 14.9. The van der Waals surface area contributed by atoms with Crippen LogP contribution < -0.4 is 5.32 Å². The van der Waals surface area contributed by atoms with Gasteiger partial charge in [0.05, 0.1) is 0 Å². The molecule has 0 saturated heterocycles. The third-order valence-electron chi connectivity index (χ3n) is 4.37. The highest BCUT2D eigenvalue weighted by Gasteiger charge is 2.10. The van der Waals surface area contributed by atoms with Crippen LogP contribution in [-0.4, -0.2) is 10.9 Å². The Morgan fingerprint density at radius 1 is 1.00 bits per heavy atom. The van der Waals surface area contributed by atoms with E-state index < -0.39 is 0 Å². The number of aryl methyl sites for hydroxylation is 2. The number of amides is 1. The van der Waals surface area contributed by atoms with E-state index in [1.165, 1.54) is 0 Å². The van der Waals surface area contributed by atoms with E-state index in [9.17, 15) is 4.79 Å². The summed E-state index contributed by atoms with van der Waals surface area (Å²) in [5, 5.41) is 3.44. The average molecular weight is 377 g/mol. The fourth-order valence-electron chi connectivity index (χ4n) is 2.79. The summed E-state index contributed by atoms with van der Waals surface area (Å²) in [5.41, 5.74) is 5.71. The van der Waals surface area contributed by atoms with Crippen molar-refractivity contribution in [2.24, 2.45) is 0 Å². The highest BCUT2D eigenvalue weighted by atomic mass is 35.5. The molecule has 1 heterocycles. The molecule has 0 atom stereocenters. The van der Waals surface area contributed by atoms with E-state index in [1.54, 1.807) is 12.1 Å². The Kier molecular flexibility index (Phi) is 4.42. The molecule has 1 N–H and O–H groups in total. The Morgan fingerprint density at radius 2 is 1.78 bits per heavy atom. The zero-order chi connectivity index (χ0) is 19.0. The Balaban J connectivity index is 1.54. The highest BCUT2D eigenvalue weighted by Crippen LogP contribution is 2.26. The predicted octanol–water partition coefficient (Wildman–Crippen LogP) is 6.02. The van der Waals surface area contributed by atoms with Crippen molar-refractivity contribution in [1.29, 1.82) is 0 Å². The molecule has 0 aliphatic carbocycles. The lowest BCUT2D eigenvalue weighted by molar-refractivity contribution is 0.102. The smallest absolute Gasteiger partial charge is 0.255 e. The Bertz CT molecular complexity index is 1150. The summed E-state index contributed by atoms with van der Waals surface area (Å²) < 4.78 is 5.81. The highest BCUT2D eigenvalue weighted by molar-refractivity contribution is 6.31. The van der Waals surface area contributed by atoms with E-state index in [1.807, 2.05) is 62.4 Å². The van der Waals surface area contributed by atoms with E-state index in [4.69, 9.17) is 16.0 Å². The van der Waals surface area contributed by atoms with Gasteiger partial charge in [0.25, 0.3) is 5.91 Å². The van der Waals surface area contributed by atoms with Gasteiger partial charge in [-0.1, -0.05) is 23.7 Å². The number of nitrogens with zero attached hydrogens (tertiary/aromatic N) is 1. The summed E-state index contributed by atoms with van der Waals surface area (Å²) in [7, 11) is 0. The zero-order valence-corrected chi connectivity index (χ0v) is 15.7. The number of oxazole rings is 1. The number of carbonyl (C=O) groups excluding carboxylic acids is 1. The largest absolute Gasteiger partial charge is 0.436 e. The molecular formula is C22H17ClN2O2. The topological polar surface area (TPSA) is 55.1 Å². The molecule has 134 valence electrons. The van der Waals surface area contributed by atoms with Gasteiger partial charge in [-0.3, -0.25) is 4.79 Å². The van der Waals surface area contributed by atoms with Crippen molar-refractivity contribution in [3.63, 3.8) is 0 Å². The first-order valence-corrected chi connectivity index (χ1v) is 8.92. The van der Waals surface area contributed by atoms with Gasteiger partial charge in [0.15, 0.2) is 5.58 Å². The molecular weight excluding hydrogens is 360 g/mol. The maximum Gasteiger partial charge on any atom is 0.255 e. The second-order valence-corrected chi connectivity index (χ2v) is 6.89. The van der Waals surface area contributed by atoms with E-state index in [0.717, 1.165) is 27.8 Å². The van der Waals surface area contributed by atoms with Gasteiger partial charge in [0.1, 0.15) is 5.52 Å². The Morgan fingerprint density at radius 3 is 2.52 bits per heavy atom. The van der Waals surface area contributed by atoms with E-state index in [-0.39, 0.29) is 5.91 Å². The second-order valence-electron chi connectivity index (χ2n) is 6.49. The summed E-state index contributed by atoms with van der Waals surface area (Å²) in [6, 6.07) is 18.5. The minimum absolute atomic E-state index is 0.206. The lowest BCUT2D eigenvalue weighted by Crippen LogP contribution is -2.11. The second kappa shape index (κ2) is 6.89. The summed E-state index contributed by atoms with van der Waals surface area (Å²) >= 11 is 6.10.